The topological polar surface area (TPSA) is 114 Å². The van der Waals surface area contributed by atoms with Crippen molar-refractivity contribution in [3.63, 3.8) is 0 Å². The number of nitrogens with zero attached hydrogens (tertiary/aromatic N) is 1. The summed E-state index contributed by atoms with van der Waals surface area (Å²) in [4.78, 5) is 38.1. The molecule has 0 spiro atoms. The zero-order valence-corrected chi connectivity index (χ0v) is 17.9. The number of nitrogens with one attached hydrogen (secondary N) is 1. The highest BCUT2D eigenvalue weighted by atomic mass is 32.2. The van der Waals surface area contributed by atoms with Crippen LogP contribution in [0.15, 0.2) is 42.1 Å². The number of hydrogen-bond acceptors (Lipinski definition) is 8. The number of benzene rings is 1. The largest absolute Gasteiger partial charge is 0.484 e. The fourth-order valence-corrected chi connectivity index (χ4v) is 5.44. The number of fused-ring (bicyclic) bond motifs is 1. The fourth-order valence-electron chi connectivity index (χ4n) is 3.74. The SMILES string of the molecule is COC(=O)/C=C1\N2[C@@H](C(=O)O)C(C)(C)S[C@@H]2[C@@]1(NC(=O)COc1ccccc1)OC. The van der Waals surface area contributed by atoms with Gasteiger partial charge in [0.05, 0.1) is 12.8 Å². The molecule has 2 aliphatic heterocycles. The number of methoxy groups -OCH3 is 2. The molecule has 30 heavy (non-hydrogen) atoms. The number of hydrogen-bond donors (Lipinski definition) is 2. The molecule has 3 rings (SSSR count). The lowest BCUT2D eigenvalue weighted by molar-refractivity contribution is -0.163. The molecule has 2 fully saturated rings. The standard InChI is InChI=1S/C20H24N2O7S/c1-19(2)16(17(25)26)22-13(10-15(24)27-3)20(28-4,18(22)30-19)21-14(23)11-29-12-8-6-5-7-9-12/h5-10,16,18H,11H2,1-4H3,(H,21,23)(H,25,26)/b13-10-/t16-,18+,20-/m0/s1. The van der Waals surface area contributed by atoms with Crippen LogP contribution in [0.4, 0.5) is 0 Å². The van der Waals surface area contributed by atoms with Gasteiger partial charge in [0.2, 0.25) is 5.72 Å². The van der Waals surface area contributed by atoms with Crippen LogP contribution in [0.5, 0.6) is 5.75 Å². The van der Waals surface area contributed by atoms with Crippen molar-refractivity contribution >= 4 is 29.6 Å². The van der Waals surface area contributed by atoms with Crippen LogP contribution < -0.4 is 10.1 Å². The van der Waals surface area contributed by atoms with Gasteiger partial charge in [-0.1, -0.05) is 18.2 Å². The molecule has 0 unspecified atom stereocenters. The Hall–Kier alpha value is -2.72. The molecular formula is C20H24N2O7S. The van der Waals surface area contributed by atoms with Crippen LogP contribution in [0.3, 0.4) is 0 Å². The minimum atomic E-state index is -1.39. The minimum Gasteiger partial charge on any atom is -0.484 e. The molecule has 0 aromatic heterocycles. The first-order valence-electron chi connectivity index (χ1n) is 9.19. The van der Waals surface area contributed by atoms with Crippen LogP contribution in [0.1, 0.15) is 13.8 Å². The minimum absolute atomic E-state index is 0.223. The molecule has 2 N–H and O–H groups in total. The number of amides is 1. The summed E-state index contributed by atoms with van der Waals surface area (Å²) < 4.78 is 15.2. The number of carbonyl (C=O) groups excluding carboxylic acids is 2. The number of carboxylic acids is 1. The molecule has 2 heterocycles. The summed E-state index contributed by atoms with van der Waals surface area (Å²) in [7, 11) is 2.61. The molecule has 3 atom stereocenters. The third kappa shape index (κ3) is 3.72. The van der Waals surface area contributed by atoms with Crippen molar-refractivity contribution in [2.75, 3.05) is 20.8 Å². The average molecular weight is 436 g/mol. The van der Waals surface area contributed by atoms with E-state index in [0.29, 0.717) is 5.75 Å². The van der Waals surface area contributed by atoms with E-state index >= 15 is 0 Å². The average Bonchev–Trinajstić information content (AvgIpc) is 2.98. The number of thioether (sulfide) groups is 1. The lowest BCUT2D eigenvalue weighted by Gasteiger charge is -2.56. The number of carbonyl (C=O) groups is 3. The maximum Gasteiger partial charge on any atom is 0.332 e. The number of aliphatic carboxylic acids is 1. The van der Waals surface area contributed by atoms with Gasteiger partial charge in [-0.15, -0.1) is 11.8 Å². The number of rotatable bonds is 7. The van der Waals surface area contributed by atoms with Crippen LogP contribution >= 0.6 is 11.8 Å². The highest BCUT2D eigenvalue weighted by Gasteiger charge is 2.70. The Bertz CT molecular complexity index is 873. The number of para-hydroxylation sites is 1. The molecule has 162 valence electrons. The van der Waals surface area contributed by atoms with Crippen LogP contribution in [0.25, 0.3) is 0 Å². The summed E-state index contributed by atoms with van der Waals surface area (Å²) in [6, 6.07) is 7.93. The van der Waals surface area contributed by atoms with E-state index < -0.39 is 39.7 Å². The molecular weight excluding hydrogens is 412 g/mol. The van der Waals surface area contributed by atoms with Gasteiger partial charge in [-0.05, 0) is 26.0 Å². The highest BCUT2D eigenvalue weighted by Crippen LogP contribution is 2.59. The van der Waals surface area contributed by atoms with Gasteiger partial charge in [0.1, 0.15) is 17.2 Å². The smallest absolute Gasteiger partial charge is 0.332 e. The van der Waals surface area contributed by atoms with E-state index in [1.807, 2.05) is 6.07 Å². The Morgan fingerprint density at radius 2 is 1.90 bits per heavy atom. The summed E-state index contributed by atoms with van der Waals surface area (Å²) in [6.45, 7) is 3.32. The number of esters is 1. The predicted molar refractivity (Wildman–Crippen MR) is 109 cm³/mol. The van der Waals surface area contributed by atoms with Crippen LogP contribution in [-0.4, -0.2) is 70.6 Å². The maximum absolute atomic E-state index is 12.6. The Balaban J connectivity index is 1.87. The molecule has 10 heteroatoms. The molecule has 2 aliphatic rings. The van der Waals surface area contributed by atoms with Gasteiger partial charge >= 0.3 is 11.9 Å². The van der Waals surface area contributed by atoms with E-state index in [2.05, 4.69) is 5.32 Å². The highest BCUT2D eigenvalue weighted by molar-refractivity contribution is 8.01. The van der Waals surface area contributed by atoms with Gasteiger partial charge in [-0.25, -0.2) is 9.59 Å². The van der Waals surface area contributed by atoms with E-state index in [1.54, 1.807) is 43.0 Å². The van der Waals surface area contributed by atoms with E-state index in [1.165, 1.54) is 26.0 Å². The Labute approximate surface area is 178 Å². The second kappa shape index (κ2) is 8.19. The first kappa shape index (κ1) is 22.0. The molecule has 0 radical (unpaired) electrons. The van der Waals surface area contributed by atoms with Crippen molar-refractivity contribution in [2.45, 2.75) is 35.7 Å². The first-order valence-corrected chi connectivity index (χ1v) is 10.1. The molecule has 0 saturated carbocycles. The second-order valence-corrected chi connectivity index (χ2v) is 9.10. The molecule has 1 aromatic rings. The summed E-state index contributed by atoms with van der Waals surface area (Å²) in [5, 5.41) is 12.0. The van der Waals surface area contributed by atoms with Gasteiger partial charge in [-0.3, -0.25) is 4.79 Å². The van der Waals surface area contributed by atoms with Crippen molar-refractivity contribution < 1.29 is 33.7 Å². The quantitative estimate of drug-likeness (QED) is 0.370. The van der Waals surface area contributed by atoms with Crippen LogP contribution in [-0.2, 0) is 23.9 Å². The first-order chi connectivity index (χ1) is 14.2. The van der Waals surface area contributed by atoms with Gasteiger partial charge in [0.15, 0.2) is 6.61 Å². The van der Waals surface area contributed by atoms with Crippen molar-refractivity contribution in [3.05, 3.63) is 42.1 Å². The number of carboxylic acid groups (broad SMARTS) is 1. The second-order valence-electron chi connectivity index (χ2n) is 7.36. The molecule has 1 aromatic carbocycles. The lowest BCUT2D eigenvalue weighted by atomic mass is 9.90. The Kier molecular flexibility index (Phi) is 6.00. The summed E-state index contributed by atoms with van der Waals surface area (Å²) in [5.74, 6) is -1.66. The Morgan fingerprint density at radius 1 is 1.23 bits per heavy atom. The monoisotopic (exact) mass is 436 g/mol. The van der Waals surface area contributed by atoms with Crippen molar-refractivity contribution in [2.24, 2.45) is 0 Å². The molecule has 9 nitrogen and oxygen atoms in total. The fraction of sp³-hybridized carbons (Fsp3) is 0.450. The molecule has 2 saturated heterocycles. The van der Waals surface area contributed by atoms with E-state index in [4.69, 9.17) is 14.2 Å². The van der Waals surface area contributed by atoms with Crippen LogP contribution in [0.2, 0.25) is 0 Å². The van der Waals surface area contributed by atoms with Gasteiger partial charge in [0, 0.05) is 17.9 Å². The normalized spacial score (nSPS) is 27.7. The summed E-state index contributed by atoms with van der Waals surface area (Å²) >= 11 is 1.35. The zero-order chi connectivity index (χ0) is 22.1. The molecule has 1 amide bonds. The van der Waals surface area contributed by atoms with E-state index in [-0.39, 0.29) is 12.3 Å². The summed E-state index contributed by atoms with van der Waals surface area (Å²) in [5.41, 5.74) is -1.17. The van der Waals surface area contributed by atoms with E-state index in [9.17, 15) is 19.5 Å². The van der Waals surface area contributed by atoms with Crippen molar-refractivity contribution in [3.8, 4) is 5.75 Å². The third-order valence-electron chi connectivity index (χ3n) is 5.06. The number of ether oxygens (including phenoxy) is 3. The van der Waals surface area contributed by atoms with E-state index in [0.717, 1.165) is 6.08 Å². The lowest BCUT2D eigenvalue weighted by Crippen LogP contribution is -2.75. The van der Waals surface area contributed by atoms with Crippen molar-refractivity contribution in [1.82, 2.24) is 10.2 Å². The third-order valence-corrected chi connectivity index (χ3v) is 6.67. The predicted octanol–water partition coefficient (Wildman–Crippen LogP) is 1.20. The van der Waals surface area contributed by atoms with Crippen LogP contribution in [0, 0.1) is 0 Å². The van der Waals surface area contributed by atoms with Crippen molar-refractivity contribution in [1.29, 1.82) is 0 Å². The molecule has 0 bridgehead atoms. The van der Waals surface area contributed by atoms with Gasteiger partial charge < -0.3 is 29.5 Å². The van der Waals surface area contributed by atoms with Gasteiger partial charge in [-0.2, -0.15) is 0 Å². The maximum atomic E-state index is 12.6. The summed E-state index contributed by atoms with van der Waals surface area (Å²) in [6.07, 6.45) is 1.15. The molecule has 0 aliphatic carbocycles. The Morgan fingerprint density at radius 3 is 2.47 bits per heavy atom. The van der Waals surface area contributed by atoms with Gasteiger partial charge in [0.25, 0.3) is 5.91 Å². The zero-order valence-electron chi connectivity index (χ0n) is 17.1.